The fraction of sp³-hybridized carbons (Fsp3) is 0.250. The van der Waals surface area contributed by atoms with E-state index in [4.69, 9.17) is 16.6 Å². The number of hydrogen-bond donors (Lipinski definition) is 2. The third-order valence-electron chi connectivity index (χ3n) is 7.29. The maximum atomic E-state index is 13.2. The Balaban J connectivity index is 1.30. The Labute approximate surface area is 207 Å². The molecule has 35 heavy (non-hydrogen) atoms. The van der Waals surface area contributed by atoms with Gasteiger partial charge in [-0.15, -0.1) is 0 Å². The van der Waals surface area contributed by atoms with Crippen molar-refractivity contribution in [1.82, 2.24) is 14.9 Å². The molecule has 0 spiro atoms. The van der Waals surface area contributed by atoms with Crippen molar-refractivity contribution in [1.29, 1.82) is 0 Å². The number of aliphatic hydroxyl groups is 1. The van der Waals surface area contributed by atoms with E-state index in [0.29, 0.717) is 34.9 Å². The maximum Gasteiger partial charge on any atom is 0.256 e. The largest absolute Gasteiger partial charge is 0.378 e. The molecule has 2 aliphatic rings. The molecule has 7 heteroatoms. The van der Waals surface area contributed by atoms with E-state index in [1.165, 1.54) is 21.2 Å². The molecule has 1 amide bonds. The normalized spacial score (nSPS) is 17.1. The number of benzene rings is 3. The highest BCUT2D eigenvalue weighted by atomic mass is 35.5. The van der Waals surface area contributed by atoms with Gasteiger partial charge in [0.1, 0.15) is 5.82 Å². The average molecular weight is 486 g/mol. The van der Waals surface area contributed by atoms with Gasteiger partial charge in [0.2, 0.25) is 0 Å². The van der Waals surface area contributed by atoms with Crippen LogP contribution >= 0.6 is 11.6 Å². The smallest absolute Gasteiger partial charge is 0.256 e. The van der Waals surface area contributed by atoms with Crippen LogP contribution in [0, 0.1) is 0 Å². The summed E-state index contributed by atoms with van der Waals surface area (Å²) in [5, 5.41) is 13.4. The summed E-state index contributed by atoms with van der Waals surface area (Å²) in [5.41, 5.74) is 2.34. The number of fused-ring (bicyclic) bond motifs is 2. The zero-order valence-electron chi connectivity index (χ0n) is 19.0. The number of carbonyl (C=O) groups is 1. The molecular weight excluding hydrogens is 462 g/mol. The zero-order chi connectivity index (χ0) is 24.2. The second-order valence-corrected chi connectivity index (χ2v) is 9.85. The Hall–Kier alpha value is -3.48. The van der Waals surface area contributed by atoms with Crippen molar-refractivity contribution in [3.63, 3.8) is 0 Å². The first-order chi connectivity index (χ1) is 17.0. The van der Waals surface area contributed by atoms with Crippen LogP contribution in [0.5, 0.6) is 0 Å². The lowest BCUT2D eigenvalue weighted by Gasteiger charge is -2.30. The fourth-order valence-corrected chi connectivity index (χ4v) is 5.43. The van der Waals surface area contributed by atoms with Crippen LogP contribution in [0.3, 0.4) is 0 Å². The quantitative estimate of drug-likeness (QED) is 0.452. The summed E-state index contributed by atoms with van der Waals surface area (Å²) >= 11 is 6.01. The molecule has 1 aromatic heterocycles. The highest BCUT2D eigenvalue weighted by Gasteiger charge is 2.49. The minimum absolute atomic E-state index is 0.121. The number of aromatic nitrogens is 2. The molecule has 0 radical (unpaired) electrons. The molecule has 2 heterocycles. The predicted molar refractivity (Wildman–Crippen MR) is 134 cm³/mol. The second kappa shape index (κ2) is 8.33. The monoisotopic (exact) mass is 485 g/mol. The summed E-state index contributed by atoms with van der Waals surface area (Å²) in [6.45, 7) is 0.510. The minimum Gasteiger partial charge on any atom is -0.378 e. The van der Waals surface area contributed by atoms with Crippen molar-refractivity contribution in [3.8, 4) is 0 Å². The molecule has 4 aromatic rings. The molecule has 1 aliphatic heterocycles. The summed E-state index contributed by atoms with van der Waals surface area (Å²) in [4.78, 5) is 35.7. The topological polar surface area (TPSA) is 86.3 Å². The van der Waals surface area contributed by atoms with Crippen LogP contribution in [0.4, 0.5) is 0 Å². The first-order valence-electron chi connectivity index (χ1n) is 11.8. The number of rotatable bonds is 4. The first-order valence-corrected chi connectivity index (χ1v) is 12.2. The molecule has 1 aliphatic carbocycles. The van der Waals surface area contributed by atoms with E-state index < -0.39 is 12.0 Å². The van der Waals surface area contributed by atoms with Gasteiger partial charge in [-0.1, -0.05) is 66.2 Å². The van der Waals surface area contributed by atoms with Crippen LogP contribution < -0.4 is 5.56 Å². The van der Waals surface area contributed by atoms with Crippen LogP contribution in [0.15, 0.2) is 71.5 Å². The van der Waals surface area contributed by atoms with Crippen LogP contribution in [-0.2, 0) is 23.2 Å². The lowest BCUT2D eigenvalue weighted by Crippen LogP contribution is -2.42. The molecule has 1 saturated carbocycles. The summed E-state index contributed by atoms with van der Waals surface area (Å²) < 4.78 is 0. The van der Waals surface area contributed by atoms with Crippen molar-refractivity contribution in [2.75, 3.05) is 6.54 Å². The van der Waals surface area contributed by atoms with Crippen molar-refractivity contribution in [3.05, 3.63) is 110 Å². The van der Waals surface area contributed by atoms with E-state index in [0.717, 1.165) is 18.5 Å². The number of nitrogens with one attached hydrogen (secondary N) is 1. The molecule has 0 saturated heterocycles. The van der Waals surface area contributed by atoms with Crippen molar-refractivity contribution < 1.29 is 9.90 Å². The average Bonchev–Trinajstić information content (AvgIpc) is 3.69. The zero-order valence-corrected chi connectivity index (χ0v) is 19.8. The Morgan fingerprint density at radius 1 is 1.09 bits per heavy atom. The molecule has 6 nitrogen and oxygen atoms in total. The van der Waals surface area contributed by atoms with Gasteiger partial charge in [0.05, 0.1) is 23.2 Å². The number of H-pyrrole nitrogens is 1. The molecule has 0 bridgehead atoms. The van der Waals surface area contributed by atoms with E-state index >= 15 is 0 Å². The van der Waals surface area contributed by atoms with E-state index in [2.05, 4.69) is 35.3 Å². The third kappa shape index (κ3) is 3.74. The van der Waals surface area contributed by atoms with Crippen molar-refractivity contribution in [2.24, 2.45) is 0 Å². The van der Waals surface area contributed by atoms with Gasteiger partial charge >= 0.3 is 0 Å². The number of nitrogens with zero attached hydrogens (tertiary/aromatic N) is 2. The van der Waals surface area contributed by atoms with Crippen LogP contribution in [0.1, 0.15) is 47.2 Å². The van der Waals surface area contributed by atoms with Gasteiger partial charge in [-0.25, -0.2) is 4.98 Å². The van der Waals surface area contributed by atoms with Gasteiger partial charge in [0.15, 0.2) is 6.10 Å². The van der Waals surface area contributed by atoms with E-state index in [-0.39, 0.29) is 17.5 Å². The van der Waals surface area contributed by atoms with Crippen LogP contribution in [-0.4, -0.2) is 32.4 Å². The van der Waals surface area contributed by atoms with Gasteiger partial charge in [0, 0.05) is 18.0 Å². The summed E-state index contributed by atoms with van der Waals surface area (Å²) in [5.74, 6) is 0.257. The summed E-state index contributed by atoms with van der Waals surface area (Å²) in [6, 6.07) is 21.2. The number of carbonyl (C=O) groups excluding carboxylic acids is 1. The van der Waals surface area contributed by atoms with Gasteiger partial charge in [0.25, 0.3) is 11.5 Å². The van der Waals surface area contributed by atoms with Gasteiger partial charge in [-0.05, 0) is 46.9 Å². The highest BCUT2D eigenvalue weighted by Crippen LogP contribution is 2.53. The van der Waals surface area contributed by atoms with Crippen LogP contribution in [0.2, 0.25) is 5.02 Å². The lowest BCUT2D eigenvalue weighted by atomic mass is 9.89. The van der Waals surface area contributed by atoms with Gasteiger partial charge in [-0.3, -0.25) is 9.59 Å². The molecule has 176 valence electrons. The number of aromatic amines is 1. The molecule has 0 unspecified atom stereocenters. The summed E-state index contributed by atoms with van der Waals surface area (Å²) in [6.07, 6.45) is 0.993. The predicted octanol–water partition coefficient (Wildman–Crippen LogP) is 4.27. The van der Waals surface area contributed by atoms with Gasteiger partial charge < -0.3 is 15.0 Å². The number of amides is 1. The first kappa shape index (κ1) is 22.0. The van der Waals surface area contributed by atoms with Crippen molar-refractivity contribution >= 4 is 28.3 Å². The van der Waals surface area contributed by atoms with E-state index in [1.807, 2.05) is 12.1 Å². The molecule has 6 rings (SSSR count). The van der Waals surface area contributed by atoms with E-state index in [1.54, 1.807) is 24.3 Å². The molecular formula is C28H24ClN3O3. The standard InChI is InChI=1S/C28H24ClN3O3/c29-19-8-3-7-18(15-19)24(33)26(35)32-14-11-23-21(16-32)25(34)31-27(30-23)28(12-13-28)22-10-4-6-17-5-1-2-9-20(17)22/h1-10,15,24,33H,11-14,16H2,(H,30,31,34)/t24-/m1/s1. The Kier molecular flexibility index (Phi) is 5.24. The third-order valence-corrected chi connectivity index (χ3v) is 7.52. The van der Waals surface area contributed by atoms with Crippen molar-refractivity contribution in [2.45, 2.75) is 37.3 Å². The Bertz CT molecular complexity index is 1520. The minimum atomic E-state index is -1.33. The number of aliphatic hydroxyl groups excluding tert-OH is 1. The van der Waals surface area contributed by atoms with E-state index in [9.17, 15) is 14.7 Å². The number of hydrogen-bond acceptors (Lipinski definition) is 4. The number of halogens is 1. The Morgan fingerprint density at radius 3 is 2.66 bits per heavy atom. The molecule has 1 fully saturated rings. The Morgan fingerprint density at radius 2 is 1.86 bits per heavy atom. The molecule has 2 N–H and O–H groups in total. The van der Waals surface area contributed by atoms with Gasteiger partial charge in [-0.2, -0.15) is 0 Å². The highest BCUT2D eigenvalue weighted by molar-refractivity contribution is 6.30. The molecule has 1 atom stereocenters. The van der Waals surface area contributed by atoms with Crippen LogP contribution in [0.25, 0.3) is 10.8 Å². The summed E-state index contributed by atoms with van der Waals surface area (Å²) in [7, 11) is 0. The molecule has 3 aromatic carbocycles. The SMILES string of the molecule is O=C([C@H](O)c1cccc(Cl)c1)N1CCc2nc(C3(c4cccc5ccccc45)CC3)[nH]c(=O)c2C1. The second-order valence-electron chi connectivity index (χ2n) is 9.42. The lowest BCUT2D eigenvalue weighted by molar-refractivity contribution is -0.141. The fourth-order valence-electron chi connectivity index (χ4n) is 5.23. The maximum absolute atomic E-state index is 13.2.